The number of benzene rings is 2. The SMILES string of the molecule is N#Cc1ccccc1CN1C[C@H]2C[C@@H](Oc3ccc(F)cc3)[C@H](O)C[C@H]2C1. The van der Waals surface area contributed by atoms with Crippen molar-refractivity contribution in [1.29, 1.82) is 5.26 Å². The summed E-state index contributed by atoms with van der Waals surface area (Å²) in [5, 5.41) is 19.8. The number of nitriles is 1. The van der Waals surface area contributed by atoms with E-state index >= 15 is 0 Å². The second-order valence-electron chi connectivity index (χ2n) is 7.63. The molecule has 4 rings (SSSR count). The van der Waals surface area contributed by atoms with Crippen molar-refractivity contribution in [2.45, 2.75) is 31.6 Å². The topological polar surface area (TPSA) is 56.5 Å². The first kappa shape index (κ1) is 18.0. The highest BCUT2D eigenvalue weighted by molar-refractivity contribution is 5.37. The number of aliphatic hydroxyl groups excluding tert-OH is 1. The Bertz CT molecular complexity index is 833. The maximum atomic E-state index is 13.1. The second kappa shape index (κ2) is 7.67. The molecule has 5 heteroatoms. The fraction of sp³-hybridized carbons (Fsp3) is 0.409. The molecule has 2 fully saturated rings. The van der Waals surface area contributed by atoms with Gasteiger partial charge in [-0.1, -0.05) is 18.2 Å². The Labute approximate surface area is 158 Å². The van der Waals surface area contributed by atoms with Gasteiger partial charge in [0.25, 0.3) is 0 Å². The molecule has 0 radical (unpaired) electrons. The van der Waals surface area contributed by atoms with Crippen LogP contribution < -0.4 is 4.74 Å². The number of likely N-dealkylation sites (tertiary alicyclic amines) is 1. The van der Waals surface area contributed by atoms with Crippen LogP contribution in [0.1, 0.15) is 24.0 Å². The van der Waals surface area contributed by atoms with Gasteiger partial charge >= 0.3 is 0 Å². The zero-order valence-electron chi connectivity index (χ0n) is 15.1. The summed E-state index contributed by atoms with van der Waals surface area (Å²) in [6.45, 7) is 2.64. The fourth-order valence-electron chi connectivity index (χ4n) is 4.44. The van der Waals surface area contributed by atoms with Crippen molar-refractivity contribution in [3.05, 3.63) is 65.5 Å². The van der Waals surface area contributed by atoms with Gasteiger partial charge in [-0.25, -0.2) is 4.39 Å². The van der Waals surface area contributed by atoms with E-state index in [1.165, 1.54) is 12.1 Å². The van der Waals surface area contributed by atoms with Crippen LogP contribution in [0.2, 0.25) is 0 Å². The maximum Gasteiger partial charge on any atom is 0.125 e. The van der Waals surface area contributed by atoms with Gasteiger partial charge in [-0.3, -0.25) is 4.90 Å². The van der Waals surface area contributed by atoms with Gasteiger partial charge in [0.1, 0.15) is 17.7 Å². The molecule has 4 atom stereocenters. The lowest BCUT2D eigenvalue weighted by Gasteiger charge is -2.35. The lowest BCUT2D eigenvalue weighted by Crippen LogP contribution is -2.42. The van der Waals surface area contributed by atoms with Gasteiger partial charge < -0.3 is 9.84 Å². The number of aliphatic hydroxyl groups is 1. The molecule has 2 aromatic carbocycles. The molecule has 4 nitrogen and oxygen atoms in total. The molecular weight excluding hydrogens is 343 g/mol. The molecule has 1 aliphatic carbocycles. The monoisotopic (exact) mass is 366 g/mol. The van der Waals surface area contributed by atoms with Gasteiger partial charge in [-0.05, 0) is 60.6 Å². The molecule has 1 saturated heterocycles. The minimum absolute atomic E-state index is 0.261. The molecule has 1 N–H and O–H groups in total. The summed E-state index contributed by atoms with van der Waals surface area (Å²) in [4.78, 5) is 2.37. The van der Waals surface area contributed by atoms with Crippen molar-refractivity contribution in [2.24, 2.45) is 11.8 Å². The lowest BCUT2D eigenvalue weighted by atomic mass is 9.78. The third-order valence-electron chi connectivity index (χ3n) is 5.79. The van der Waals surface area contributed by atoms with Gasteiger partial charge in [0.15, 0.2) is 0 Å². The number of fused-ring (bicyclic) bond motifs is 1. The highest BCUT2D eigenvalue weighted by Crippen LogP contribution is 2.38. The highest BCUT2D eigenvalue weighted by atomic mass is 19.1. The van der Waals surface area contributed by atoms with Gasteiger partial charge in [-0.15, -0.1) is 0 Å². The Kier molecular flexibility index (Phi) is 5.11. The van der Waals surface area contributed by atoms with E-state index < -0.39 is 6.10 Å². The van der Waals surface area contributed by atoms with Crippen LogP contribution in [0.4, 0.5) is 4.39 Å². The first-order valence-corrected chi connectivity index (χ1v) is 9.43. The molecule has 1 aliphatic heterocycles. The third-order valence-corrected chi connectivity index (χ3v) is 5.79. The normalized spacial score (nSPS) is 27.7. The Hall–Kier alpha value is -2.42. The molecule has 0 unspecified atom stereocenters. The Balaban J connectivity index is 1.40. The van der Waals surface area contributed by atoms with Crippen molar-refractivity contribution < 1.29 is 14.2 Å². The predicted molar refractivity (Wildman–Crippen MR) is 99.5 cm³/mol. The third kappa shape index (κ3) is 3.97. The van der Waals surface area contributed by atoms with Crippen LogP contribution in [0.15, 0.2) is 48.5 Å². The van der Waals surface area contributed by atoms with E-state index in [9.17, 15) is 14.8 Å². The average Bonchev–Trinajstić information content (AvgIpc) is 3.05. The molecule has 140 valence electrons. The van der Waals surface area contributed by atoms with Crippen LogP contribution in [0.3, 0.4) is 0 Å². The molecular formula is C22H23FN2O2. The summed E-state index contributed by atoms with van der Waals surface area (Å²) in [6.07, 6.45) is 0.734. The summed E-state index contributed by atoms with van der Waals surface area (Å²) in [7, 11) is 0. The van der Waals surface area contributed by atoms with E-state index in [0.717, 1.165) is 37.2 Å². The smallest absolute Gasteiger partial charge is 0.125 e. The summed E-state index contributed by atoms with van der Waals surface area (Å²) < 4.78 is 19.0. The molecule has 0 aromatic heterocycles. The number of hydrogen-bond acceptors (Lipinski definition) is 4. The molecule has 2 aromatic rings. The number of nitrogens with zero attached hydrogens (tertiary/aromatic N) is 2. The number of hydrogen-bond donors (Lipinski definition) is 1. The highest BCUT2D eigenvalue weighted by Gasteiger charge is 2.42. The van der Waals surface area contributed by atoms with Crippen LogP contribution in [0, 0.1) is 29.0 Å². The van der Waals surface area contributed by atoms with Crippen LogP contribution in [0.5, 0.6) is 5.75 Å². The number of rotatable bonds is 4. The van der Waals surface area contributed by atoms with Crippen molar-refractivity contribution in [3.8, 4) is 11.8 Å². The fourth-order valence-corrected chi connectivity index (χ4v) is 4.44. The largest absolute Gasteiger partial charge is 0.488 e. The van der Waals surface area contributed by atoms with E-state index in [4.69, 9.17) is 4.74 Å². The molecule has 0 spiro atoms. The van der Waals surface area contributed by atoms with Crippen LogP contribution >= 0.6 is 0 Å². The first-order chi connectivity index (χ1) is 13.1. The zero-order valence-corrected chi connectivity index (χ0v) is 15.1. The number of halogens is 1. The summed E-state index contributed by atoms with van der Waals surface area (Å²) in [6, 6.07) is 15.9. The average molecular weight is 366 g/mol. The molecule has 1 saturated carbocycles. The Morgan fingerprint density at radius 1 is 1.07 bits per heavy atom. The summed E-state index contributed by atoms with van der Waals surface area (Å²) >= 11 is 0. The quantitative estimate of drug-likeness (QED) is 0.902. The van der Waals surface area contributed by atoms with Crippen LogP contribution in [-0.4, -0.2) is 35.3 Å². The van der Waals surface area contributed by atoms with Gasteiger partial charge in [-0.2, -0.15) is 5.26 Å². The van der Waals surface area contributed by atoms with Gasteiger partial charge in [0, 0.05) is 19.6 Å². The van der Waals surface area contributed by atoms with E-state index in [0.29, 0.717) is 24.0 Å². The van der Waals surface area contributed by atoms with Crippen molar-refractivity contribution in [1.82, 2.24) is 4.90 Å². The lowest BCUT2D eigenvalue weighted by molar-refractivity contribution is -0.0231. The van der Waals surface area contributed by atoms with E-state index in [1.54, 1.807) is 12.1 Å². The molecule has 1 heterocycles. The van der Waals surface area contributed by atoms with Gasteiger partial charge in [0.05, 0.1) is 17.7 Å². The minimum atomic E-state index is -0.511. The molecule has 0 amide bonds. The zero-order chi connectivity index (χ0) is 18.8. The summed E-state index contributed by atoms with van der Waals surface area (Å²) in [5.41, 5.74) is 1.78. The Morgan fingerprint density at radius 2 is 1.78 bits per heavy atom. The standard InChI is InChI=1S/C22H23FN2O2/c23-19-5-7-20(8-6-19)27-22-10-18-14-25(13-17(18)9-21(22)26)12-16-4-2-1-3-15(16)11-24/h1-8,17-18,21-22,26H,9-10,12-14H2/t17-,18+,21+,22+/m0/s1. The minimum Gasteiger partial charge on any atom is -0.488 e. The predicted octanol–water partition coefficient (Wildman–Crippen LogP) is 3.35. The van der Waals surface area contributed by atoms with E-state index in [-0.39, 0.29) is 11.9 Å². The van der Waals surface area contributed by atoms with Gasteiger partial charge in [0.2, 0.25) is 0 Å². The Morgan fingerprint density at radius 3 is 2.52 bits per heavy atom. The van der Waals surface area contributed by atoms with E-state index in [1.807, 2.05) is 24.3 Å². The van der Waals surface area contributed by atoms with Crippen molar-refractivity contribution >= 4 is 0 Å². The maximum absolute atomic E-state index is 13.1. The first-order valence-electron chi connectivity index (χ1n) is 9.43. The van der Waals surface area contributed by atoms with E-state index in [2.05, 4.69) is 11.0 Å². The van der Waals surface area contributed by atoms with Crippen molar-refractivity contribution in [2.75, 3.05) is 13.1 Å². The molecule has 27 heavy (non-hydrogen) atoms. The van der Waals surface area contributed by atoms with Crippen molar-refractivity contribution in [3.63, 3.8) is 0 Å². The van der Waals surface area contributed by atoms with Crippen LogP contribution in [-0.2, 0) is 6.54 Å². The molecule has 2 aliphatic rings. The van der Waals surface area contributed by atoms with Crippen LogP contribution in [0.25, 0.3) is 0 Å². The molecule has 0 bridgehead atoms. The second-order valence-corrected chi connectivity index (χ2v) is 7.63. The summed E-state index contributed by atoms with van der Waals surface area (Å²) in [5.74, 6) is 1.21. The number of ether oxygens (including phenoxy) is 1.